The molecule has 0 aliphatic rings. The fourth-order valence-electron chi connectivity index (χ4n) is 0. The third-order valence-corrected chi connectivity index (χ3v) is 0.183. The van der Waals surface area contributed by atoms with Gasteiger partial charge in [0.25, 0.3) is 0 Å². The topological polar surface area (TPSA) is 132 Å². The van der Waals surface area contributed by atoms with Crippen LogP contribution in [0.25, 0.3) is 0 Å². The second-order valence-electron chi connectivity index (χ2n) is 0.610. The van der Waals surface area contributed by atoms with E-state index < -0.39 is 11.9 Å². The number of carboxylic acid groups (broad SMARTS) is 2. The van der Waals surface area contributed by atoms with Crippen molar-refractivity contribution in [3.8, 4) is 0 Å². The van der Waals surface area contributed by atoms with E-state index in [2.05, 4.69) is 0 Å². The number of hydrogen-bond acceptors (Lipinski definition) is 2. The van der Waals surface area contributed by atoms with Crippen molar-refractivity contribution in [3.63, 3.8) is 0 Å². The molecule has 0 rings (SSSR count). The quantitative estimate of drug-likeness (QED) is 0.495. The molecule has 0 bridgehead atoms. The van der Waals surface area contributed by atoms with Crippen LogP contribution in [0.1, 0.15) is 0 Å². The standard InChI is InChI=1S/C2H2O4.2O.Zr/c3-1(4)2(5)6;;;/h(H,3,4)(H,5,6);;;/q;2*-2;+4. The van der Waals surface area contributed by atoms with Gasteiger partial charge < -0.3 is 21.2 Å². The first-order chi connectivity index (χ1) is 2.64. The molecular weight excluding hydrogens is 211 g/mol. The summed E-state index contributed by atoms with van der Waals surface area (Å²) in [5, 5.41) is 14.8. The zero-order valence-corrected chi connectivity index (χ0v) is 6.49. The number of rotatable bonds is 0. The SMILES string of the molecule is O=C(O)C(=O)O.[O-2].[O-2].[Zr+4]. The van der Waals surface area contributed by atoms with E-state index in [4.69, 9.17) is 19.8 Å². The summed E-state index contributed by atoms with van der Waals surface area (Å²) in [5.41, 5.74) is 0. The minimum atomic E-state index is -1.82. The summed E-state index contributed by atoms with van der Waals surface area (Å²) in [4.78, 5) is 18.2. The first-order valence-corrected chi connectivity index (χ1v) is 1.11. The number of aliphatic carboxylic acids is 2. The Bertz CT molecular complexity index is 77.1. The maximum Gasteiger partial charge on any atom is 4.00 e. The van der Waals surface area contributed by atoms with Gasteiger partial charge in [0.05, 0.1) is 0 Å². The monoisotopic (exact) mass is 212 g/mol. The van der Waals surface area contributed by atoms with E-state index in [1.807, 2.05) is 0 Å². The van der Waals surface area contributed by atoms with Crippen molar-refractivity contribution in [3.05, 3.63) is 0 Å². The third-order valence-electron chi connectivity index (χ3n) is 0.183. The molecule has 0 saturated carbocycles. The van der Waals surface area contributed by atoms with Gasteiger partial charge >= 0.3 is 38.1 Å². The maximum absolute atomic E-state index is 9.10. The minimum absolute atomic E-state index is 0. The summed E-state index contributed by atoms with van der Waals surface area (Å²) in [6.07, 6.45) is 0. The van der Waals surface area contributed by atoms with E-state index in [0.717, 1.165) is 0 Å². The molecule has 0 saturated heterocycles. The van der Waals surface area contributed by atoms with Crippen molar-refractivity contribution in [1.29, 1.82) is 0 Å². The van der Waals surface area contributed by atoms with Crippen LogP contribution in [0.4, 0.5) is 0 Å². The summed E-state index contributed by atoms with van der Waals surface area (Å²) < 4.78 is 0. The average molecular weight is 213 g/mol. The Balaban J connectivity index is -0.0000000417. The van der Waals surface area contributed by atoms with Gasteiger partial charge in [0.15, 0.2) is 0 Å². The zero-order chi connectivity index (χ0) is 5.15. The second-order valence-corrected chi connectivity index (χ2v) is 0.610. The normalized spacial score (nSPS) is 4.89. The molecule has 0 radical (unpaired) electrons. The molecule has 2 N–H and O–H groups in total. The smallest absolute Gasteiger partial charge is 2.00 e. The largest absolute Gasteiger partial charge is 4.00 e. The molecule has 0 aromatic rings. The fraction of sp³-hybridized carbons (Fsp3) is 0. The summed E-state index contributed by atoms with van der Waals surface area (Å²) in [6.45, 7) is 0. The fourth-order valence-corrected chi connectivity index (χ4v) is 0. The first-order valence-electron chi connectivity index (χ1n) is 1.11. The molecule has 0 aromatic heterocycles. The van der Waals surface area contributed by atoms with Gasteiger partial charge in [-0.15, -0.1) is 0 Å². The predicted octanol–water partition coefficient (Wildman–Crippen LogP) is -1.08. The van der Waals surface area contributed by atoms with Crippen molar-refractivity contribution >= 4 is 11.9 Å². The average Bonchev–Trinajstić information content (AvgIpc) is 1.36. The van der Waals surface area contributed by atoms with Crippen molar-refractivity contribution in [2.75, 3.05) is 0 Å². The maximum atomic E-state index is 9.10. The number of carbonyl (C=O) groups is 2. The molecule has 0 aliphatic carbocycles. The van der Waals surface area contributed by atoms with Crippen LogP contribution in [0.3, 0.4) is 0 Å². The van der Waals surface area contributed by atoms with Crippen LogP contribution in [0.15, 0.2) is 0 Å². The van der Waals surface area contributed by atoms with Gasteiger partial charge in [0.1, 0.15) is 0 Å². The van der Waals surface area contributed by atoms with E-state index in [1.165, 1.54) is 0 Å². The molecule has 0 spiro atoms. The van der Waals surface area contributed by atoms with Crippen molar-refractivity contribution < 1.29 is 57.0 Å². The predicted molar refractivity (Wildman–Crippen MR) is 16.6 cm³/mol. The van der Waals surface area contributed by atoms with Crippen molar-refractivity contribution in [2.45, 2.75) is 0 Å². The van der Waals surface area contributed by atoms with Gasteiger partial charge in [-0.3, -0.25) is 0 Å². The van der Waals surface area contributed by atoms with Gasteiger partial charge in [-0.2, -0.15) is 0 Å². The Hall–Kier alpha value is -0.257. The molecule has 0 atom stereocenters. The van der Waals surface area contributed by atoms with Gasteiger partial charge in [-0.05, 0) is 0 Å². The van der Waals surface area contributed by atoms with Crippen LogP contribution in [0.5, 0.6) is 0 Å². The molecule has 7 heteroatoms. The van der Waals surface area contributed by atoms with Crippen molar-refractivity contribution in [1.82, 2.24) is 0 Å². The molecule has 0 fully saturated rings. The van der Waals surface area contributed by atoms with E-state index in [-0.39, 0.29) is 37.2 Å². The summed E-state index contributed by atoms with van der Waals surface area (Å²) in [6, 6.07) is 0. The van der Waals surface area contributed by atoms with Gasteiger partial charge in [-0.25, -0.2) is 9.59 Å². The Morgan fingerprint density at radius 3 is 1.00 bits per heavy atom. The Morgan fingerprint density at radius 1 is 0.889 bits per heavy atom. The van der Waals surface area contributed by atoms with Crippen LogP contribution in [-0.2, 0) is 46.7 Å². The van der Waals surface area contributed by atoms with Gasteiger partial charge in [0.2, 0.25) is 0 Å². The minimum Gasteiger partial charge on any atom is -2.00 e. The summed E-state index contributed by atoms with van der Waals surface area (Å²) in [7, 11) is 0. The summed E-state index contributed by atoms with van der Waals surface area (Å²) >= 11 is 0. The van der Waals surface area contributed by atoms with Gasteiger partial charge in [-0.1, -0.05) is 0 Å². The van der Waals surface area contributed by atoms with Gasteiger partial charge in [0, 0.05) is 0 Å². The van der Waals surface area contributed by atoms with Crippen LogP contribution >= 0.6 is 0 Å². The molecule has 0 amide bonds. The second kappa shape index (κ2) is 10.7. The van der Waals surface area contributed by atoms with E-state index >= 15 is 0 Å². The number of hydrogen-bond donors (Lipinski definition) is 2. The molecule has 6 nitrogen and oxygen atoms in total. The van der Waals surface area contributed by atoms with Crippen LogP contribution in [0.2, 0.25) is 0 Å². The van der Waals surface area contributed by atoms with E-state index in [1.54, 1.807) is 0 Å². The molecule has 0 heterocycles. The van der Waals surface area contributed by atoms with Crippen molar-refractivity contribution in [2.24, 2.45) is 0 Å². The number of carboxylic acids is 2. The van der Waals surface area contributed by atoms with Crippen LogP contribution in [-0.4, -0.2) is 22.2 Å². The Morgan fingerprint density at radius 2 is 1.00 bits per heavy atom. The first kappa shape index (κ1) is 23.3. The molecule has 9 heavy (non-hydrogen) atoms. The van der Waals surface area contributed by atoms with E-state index in [9.17, 15) is 0 Å². The van der Waals surface area contributed by atoms with E-state index in [0.29, 0.717) is 0 Å². The van der Waals surface area contributed by atoms with Crippen LogP contribution < -0.4 is 0 Å². The molecule has 0 unspecified atom stereocenters. The molecule has 0 aromatic carbocycles. The third kappa shape index (κ3) is 18.2. The molecular formula is C2H2O6Zr. The van der Waals surface area contributed by atoms with Crippen LogP contribution in [0, 0.1) is 0 Å². The Labute approximate surface area is 69.2 Å². The molecule has 0 aliphatic heterocycles. The summed E-state index contributed by atoms with van der Waals surface area (Å²) in [5.74, 6) is -3.65. The zero-order valence-electron chi connectivity index (χ0n) is 4.03. The molecule has 50 valence electrons. The Kier molecular flexibility index (Phi) is 27.6.